The van der Waals surface area contributed by atoms with Gasteiger partial charge in [-0.2, -0.15) is 0 Å². The summed E-state index contributed by atoms with van der Waals surface area (Å²) in [6.07, 6.45) is 1.87. The maximum Gasteiger partial charge on any atom is 0.265 e. The summed E-state index contributed by atoms with van der Waals surface area (Å²) in [5, 5.41) is 3.01. The molecular weight excluding hydrogens is 448 g/mol. The molecule has 172 valence electrons. The summed E-state index contributed by atoms with van der Waals surface area (Å²) in [6.45, 7) is 2.87. The molecule has 2 aliphatic heterocycles. The molecule has 0 fully saturated rings. The second kappa shape index (κ2) is 9.65. The molecule has 3 aromatic carbocycles. The first kappa shape index (κ1) is 22.1. The number of fused-ring (bicyclic) bond motifs is 2. The molecule has 34 heavy (non-hydrogen) atoms. The van der Waals surface area contributed by atoms with E-state index in [9.17, 15) is 9.59 Å². The van der Waals surface area contributed by atoms with Crippen LogP contribution in [0.2, 0.25) is 0 Å². The van der Waals surface area contributed by atoms with E-state index < -0.39 is 0 Å². The minimum Gasteiger partial charge on any atom is -0.486 e. The lowest BCUT2D eigenvalue weighted by Crippen LogP contribution is -2.43. The van der Waals surface area contributed by atoms with E-state index in [-0.39, 0.29) is 24.4 Å². The Morgan fingerprint density at radius 3 is 2.59 bits per heavy atom. The SMILES string of the molecule is C[C@H](NC(=O)CN1C(=O)/C(=C/c2ccccc2)Sc2ccccc21)c1ccc2c(c1)OCCO2. The molecule has 7 heteroatoms. The van der Waals surface area contributed by atoms with Crippen molar-refractivity contribution in [3.05, 3.63) is 88.8 Å². The van der Waals surface area contributed by atoms with Crippen LogP contribution in [0.3, 0.4) is 0 Å². The topological polar surface area (TPSA) is 67.9 Å². The fraction of sp³-hybridized carbons (Fsp3) is 0.185. The van der Waals surface area contributed by atoms with E-state index in [4.69, 9.17) is 9.47 Å². The Bertz CT molecular complexity index is 1260. The van der Waals surface area contributed by atoms with Crippen molar-refractivity contribution in [2.24, 2.45) is 0 Å². The molecule has 6 nitrogen and oxygen atoms in total. The minimum atomic E-state index is -0.257. The molecule has 0 aromatic heterocycles. The molecule has 0 unspecified atom stereocenters. The zero-order valence-corrected chi connectivity index (χ0v) is 19.5. The van der Waals surface area contributed by atoms with Crippen LogP contribution in [0.5, 0.6) is 11.5 Å². The predicted molar refractivity (Wildman–Crippen MR) is 133 cm³/mol. The highest BCUT2D eigenvalue weighted by Gasteiger charge is 2.30. The maximum atomic E-state index is 13.4. The van der Waals surface area contributed by atoms with Crippen molar-refractivity contribution in [3.8, 4) is 11.5 Å². The smallest absolute Gasteiger partial charge is 0.265 e. The summed E-state index contributed by atoms with van der Waals surface area (Å²) in [6, 6.07) is 22.8. The van der Waals surface area contributed by atoms with Crippen molar-refractivity contribution in [1.82, 2.24) is 5.32 Å². The Balaban J connectivity index is 1.34. The zero-order valence-electron chi connectivity index (χ0n) is 18.7. The predicted octanol–water partition coefficient (Wildman–Crippen LogP) is 4.82. The van der Waals surface area contributed by atoms with Gasteiger partial charge in [0.1, 0.15) is 19.8 Å². The molecule has 5 rings (SSSR count). The number of hydrogen-bond acceptors (Lipinski definition) is 5. The number of hydrogen-bond donors (Lipinski definition) is 1. The lowest BCUT2D eigenvalue weighted by Gasteiger charge is -2.30. The number of carbonyl (C=O) groups is 2. The van der Waals surface area contributed by atoms with Gasteiger partial charge in [0.05, 0.1) is 16.6 Å². The molecule has 0 spiro atoms. The number of amides is 2. The maximum absolute atomic E-state index is 13.4. The number of nitrogens with zero attached hydrogens (tertiary/aromatic N) is 1. The number of ether oxygens (including phenoxy) is 2. The summed E-state index contributed by atoms with van der Waals surface area (Å²) in [7, 11) is 0. The molecule has 2 amide bonds. The first-order valence-electron chi connectivity index (χ1n) is 11.1. The summed E-state index contributed by atoms with van der Waals surface area (Å²) < 4.78 is 11.2. The average molecular weight is 473 g/mol. The van der Waals surface area contributed by atoms with Gasteiger partial charge in [-0.25, -0.2) is 0 Å². The molecule has 2 heterocycles. The average Bonchev–Trinajstić information content (AvgIpc) is 2.87. The first-order valence-corrected chi connectivity index (χ1v) is 11.9. The van der Waals surface area contributed by atoms with Gasteiger partial charge in [-0.3, -0.25) is 14.5 Å². The van der Waals surface area contributed by atoms with Crippen LogP contribution in [0.1, 0.15) is 24.1 Å². The molecule has 0 radical (unpaired) electrons. The summed E-state index contributed by atoms with van der Waals surface area (Å²) >= 11 is 1.43. The van der Waals surface area contributed by atoms with Gasteiger partial charge < -0.3 is 14.8 Å². The number of thioether (sulfide) groups is 1. The third-order valence-corrected chi connectivity index (χ3v) is 6.75. The van der Waals surface area contributed by atoms with Crippen LogP contribution < -0.4 is 19.7 Å². The second-order valence-corrected chi connectivity index (χ2v) is 9.16. The Hall–Kier alpha value is -3.71. The molecule has 3 aromatic rings. The number of anilines is 1. The summed E-state index contributed by atoms with van der Waals surface area (Å²) in [5.41, 5.74) is 2.59. The van der Waals surface area contributed by atoms with E-state index in [1.165, 1.54) is 11.8 Å². The minimum absolute atomic E-state index is 0.0720. The Kier molecular flexibility index (Phi) is 6.27. The lowest BCUT2D eigenvalue weighted by atomic mass is 10.1. The Labute approximate surface area is 202 Å². The highest BCUT2D eigenvalue weighted by Crippen LogP contribution is 2.42. The first-order chi connectivity index (χ1) is 16.6. The van der Waals surface area contributed by atoms with E-state index >= 15 is 0 Å². The molecule has 0 aliphatic carbocycles. The van der Waals surface area contributed by atoms with Gasteiger partial charge in [-0.15, -0.1) is 0 Å². The molecule has 1 N–H and O–H groups in total. The van der Waals surface area contributed by atoms with E-state index in [2.05, 4.69) is 5.32 Å². The molecular formula is C27H24N2O4S. The Morgan fingerprint density at radius 1 is 1.03 bits per heavy atom. The highest BCUT2D eigenvalue weighted by atomic mass is 32.2. The van der Waals surface area contributed by atoms with Crippen LogP contribution in [0.15, 0.2) is 82.6 Å². The van der Waals surface area contributed by atoms with Gasteiger partial charge >= 0.3 is 0 Å². The van der Waals surface area contributed by atoms with Crippen LogP contribution in [0.25, 0.3) is 6.08 Å². The van der Waals surface area contributed by atoms with Crippen molar-refractivity contribution in [2.75, 3.05) is 24.7 Å². The number of nitrogens with one attached hydrogen (secondary N) is 1. The third kappa shape index (κ3) is 4.65. The Morgan fingerprint density at radius 2 is 1.76 bits per heavy atom. The second-order valence-electron chi connectivity index (χ2n) is 8.07. The normalized spacial score (nSPS) is 16.7. The van der Waals surface area contributed by atoms with Crippen LogP contribution in [0.4, 0.5) is 5.69 Å². The lowest BCUT2D eigenvalue weighted by molar-refractivity contribution is -0.122. The standard InChI is InChI=1S/C27H24N2O4S/c1-18(20-11-12-22-23(16-20)33-14-13-32-22)28-26(30)17-29-21-9-5-6-10-24(21)34-25(27(29)31)15-19-7-3-2-4-8-19/h2-12,15-16,18H,13-14,17H2,1H3,(H,28,30)/b25-15-/t18-/m0/s1. The van der Waals surface area contributed by atoms with Crippen molar-refractivity contribution in [3.63, 3.8) is 0 Å². The van der Waals surface area contributed by atoms with Gasteiger partial charge in [0.2, 0.25) is 5.91 Å². The van der Waals surface area contributed by atoms with Crippen LogP contribution in [0, 0.1) is 0 Å². The van der Waals surface area contributed by atoms with Crippen LogP contribution >= 0.6 is 11.8 Å². The molecule has 0 saturated heterocycles. The summed E-state index contributed by atoms with van der Waals surface area (Å²) in [5.74, 6) is 0.961. The largest absolute Gasteiger partial charge is 0.486 e. The van der Waals surface area contributed by atoms with Crippen molar-refractivity contribution in [2.45, 2.75) is 17.9 Å². The van der Waals surface area contributed by atoms with Gasteiger partial charge in [0, 0.05) is 4.90 Å². The number of rotatable bonds is 5. The van der Waals surface area contributed by atoms with Gasteiger partial charge in [-0.1, -0.05) is 60.3 Å². The summed E-state index contributed by atoms with van der Waals surface area (Å²) in [4.78, 5) is 29.5. The van der Waals surface area contributed by atoms with E-state index in [1.807, 2.05) is 85.8 Å². The monoisotopic (exact) mass is 472 g/mol. The van der Waals surface area contributed by atoms with E-state index in [0.717, 1.165) is 21.7 Å². The fourth-order valence-electron chi connectivity index (χ4n) is 3.96. The molecule has 1 atom stereocenters. The van der Waals surface area contributed by atoms with Crippen molar-refractivity contribution >= 4 is 35.3 Å². The van der Waals surface area contributed by atoms with E-state index in [0.29, 0.717) is 29.6 Å². The van der Waals surface area contributed by atoms with Crippen molar-refractivity contribution in [1.29, 1.82) is 0 Å². The van der Waals surface area contributed by atoms with E-state index in [1.54, 1.807) is 4.90 Å². The van der Waals surface area contributed by atoms with Crippen LogP contribution in [-0.4, -0.2) is 31.6 Å². The fourth-order valence-corrected chi connectivity index (χ4v) is 5.02. The number of para-hydroxylation sites is 1. The third-order valence-electron chi connectivity index (χ3n) is 5.67. The van der Waals surface area contributed by atoms with Crippen molar-refractivity contribution < 1.29 is 19.1 Å². The van der Waals surface area contributed by atoms with Crippen LogP contribution in [-0.2, 0) is 9.59 Å². The highest BCUT2D eigenvalue weighted by molar-refractivity contribution is 8.04. The molecule has 2 aliphatic rings. The quantitative estimate of drug-likeness (QED) is 0.540. The molecule has 0 bridgehead atoms. The number of benzene rings is 3. The molecule has 0 saturated carbocycles. The zero-order chi connectivity index (χ0) is 23.5. The number of carbonyl (C=O) groups excluding carboxylic acids is 2. The van der Waals surface area contributed by atoms with Gasteiger partial charge in [0.25, 0.3) is 5.91 Å². The van der Waals surface area contributed by atoms with Gasteiger partial charge in [-0.05, 0) is 48.4 Å². The van der Waals surface area contributed by atoms with Gasteiger partial charge in [0.15, 0.2) is 11.5 Å².